The fourth-order valence-electron chi connectivity index (χ4n) is 2.75. The van der Waals surface area contributed by atoms with Gasteiger partial charge in [-0.1, -0.05) is 35.8 Å². The number of amides is 1. The molecule has 1 aromatic carbocycles. The summed E-state index contributed by atoms with van der Waals surface area (Å²) in [4.78, 5) is 12.3. The number of hydrogen-bond acceptors (Lipinski definition) is 4. The van der Waals surface area contributed by atoms with E-state index in [0.29, 0.717) is 17.3 Å². The van der Waals surface area contributed by atoms with Crippen LogP contribution in [0.1, 0.15) is 30.3 Å². The standard InChI is InChI=1S/C17H20ClN3O2.ClH/c1-17(5-7-19-8-6-17)11-20-16(22)14-10-15(23-21-14)12-3-2-4-13(18)9-12;/h2-4,9-10,19H,5-8,11H2,1H3,(H,20,22);1H. The molecule has 0 radical (unpaired) electrons. The molecule has 0 spiro atoms. The number of hydrogen-bond donors (Lipinski definition) is 2. The molecule has 130 valence electrons. The van der Waals surface area contributed by atoms with Gasteiger partial charge in [0, 0.05) is 23.2 Å². The number of nitrogens with one attached hydrogen (secondary N) is 2. The number of carbonyl (C=O) groups is 1. The van der Waals surface area contributed by atoms with Crippen LogP contribution in [0.25, 0.3) is 11.3 Å². The van der Waals surface area contributed by atoms with Gasteiger partial charge in [-0.15, -0.1) is 12.4 Å². The Bertz CT molecular complexity index is 697. The highest BCUT2D eigenvalue weighted by molar-refractivity contribution is 6.30. The zero-order valence-corrected chi connectivity index (χ0v) is 15.0. The van der Waals surface area contributed by atoms with E-state index in [-0.39, 0.29) is 29.4 Å². The molecule has 1 aliphatic heterocycles. The van der Waals surface area contributed by atoms with Gasteiger partial charge in [0.1, 0.15) is 0 Å². The molecule has 5 nitrogen and oxygen atoms in total. The van der Waals surface area contributed by atoms with Crippen LogP contribution in [0.2, 0.25) is 5.02 Å². The number of benzene rings is 1. The van der Waals surface area contributed by atoms with Crippen LogP contribution in [-0.2, 0) is 0 Å². The SMILES string of the molecule is CC1(CNC(=O)c2cc(-c3cccc(Cl)c3)on2)CCNCC1.Cl. The maximum absolute atomic E-state index is 12.3. The van der Waals surface area contributed by atoms with E-state index < -0.39 is 0 Å². The van der Waals surface area contributed by atoms with Gasteiger partial charge < -0.3 is 15.2 Å². The van der Waals surface area contributed by atoms with E-state index in [1.807, 2.05) is 12.1 Å². The van der Waals surface area contributed by atoms with Crippen molar-refractivity contribution in [2.75, 3.05) is 19.6 Å². The molecule has 1 saturated heterocycles. The molecular formula is C17H21Cl2N3O2. The second kappa shape index (κ2) is 8.01. The summed E-state index contributed by atoms with van der Waals surface area (Å²) in [7, 11) is 0. The molecule has 1 fully saturated rings. The van der Waals surface area contributed by atoms with Crippen LogP contribution in [-0.4, -0.2) is 30.7 Å². The molecule has 1 aromatic heterocycles. The molecule has 7 heteroatoms. The predicted molar refractivity (Wildman–Crippen MR) is 96.7 cm³/mol. The van der Waals surface area contributed by atoms with Crippen LogP contribution in [0.5, 0.6) is 0 Å². The molecule has 0 saturated carbocycles. The van der Waals surface area contributed by atoms with E-state index in [4.69, 9.17) is 16.1 Å². The van der Waals surface area contributed by atoms with Crippen LogP contribution in [0.4, 0.5) is 0 Å². The summed E-state index contributed by atoms with van der Waals surface area (Å²) in [6.45, 7) is 4.84. The highest BCUT2D eigenvalue weighted by atomic mass is 35.5. The Labute approximate surface area is 152 Å². The molecular weight excluding hydrogens is 349 g/mol. The normalized spacial score (nSPS) is 16.2. The summed E-state index contributed by atoms with van der Waals surface area (Å²) in [6.07, 6.45) is 2.11. The van der Waals surface area contributed by atoms with Crippen molar-refractivity contribution < 1.29 is 9.32 Å². The lowest BCUT2D eigenvalue weighted by Crippen LogP contribution is -2.42. The third-order valence-corrected chi connectivity index (χ3v) is 4.57. The van der Waals surface area contributed by atoms with Crippen LogP contribution >= 0.6 is 24.0 Å². The number of aromatic nitrogens is 1. The molecule has 2 heterocycles. The Morgan fingerprint density at radius 3 is 2.83 bits per heavy atom. The van der Waals surface area contributed by atoms with Gasteiger partial charge in [0.05, 0.1) is 0 Å². The Morgan fingerprint density at radius 1 is 1.38 bits per heavy atom. The number of halogens is 2. The average Bonchev–Trinajstić information content (AvgIpc) is 3.03. The van der Waals surface area contributed by atoms with Gasteiger partial charge >= 0.3 is 0 Å². The second-order valence-corrected chi connectivity index (χ2v) is 6.77. The first-order valence-corrected chi connectivity index (χ1v) is 8.15. The summed E-state index contributed by atoms with van der Waals surface area (Å²) in [5.74, 6) is 0.326. The monoisotopic (exact) mass is 369 g/mol. The maximum Gasteiger partial charge on any atom is 0.273 e. The first kappa shape index (κ1) is 18.8. The fraction of sp³-hybridized carbons (Fsp3) is 0.412. The number of piperidine rings is 1. The lowest BCUT2D eigenvalue weighted by Gasteiger charge is -2.33. The van der Waals surface area contributed by atoms with Gasteiger partial charge in [-0.25, -0.2) is 0 Å². The van der Waals surface area contributed by atoms with Crippen molar-refractivity contribution in [1.29, 1.82) is 0 Å². The van der Waals surface area contributed by atoms with Crippen LogP contribution in [0.3, 0.4) is 0 Å². The molecule has 0 aliphatic carbocycles. The van der Waals surface area contributed by atoms with Crippen molar-refractivity contribution in [3.8, 4) is 11.3 Å². The first-order valence-electron chi connectivity index (χ1n) is 7.77. The van der Waals surface area contributed by atoms with E-state index in [9.17, 15) is 4.79 Å². The van der Waals surface area contributed by atoms with E-state index in [2.05, 4.69) is 22.7 Å². The molecule has 24 heavy (non-hydrogen) atoms. The number of nitrogens with zero attached hydrogens (tertiary/aromatic N) is 1. The zero-order chi connectivity index (χ0) is 16.3. The average molecular weight is 370 g/mol. The second-order valence-electron chi connectivity index (χ2n) is 6.33. The van der Waals surface area contributed by atoms with Gasteiger partial charge in [0.2, 0.25) is 0 Å². The molecule has 0 atom stereocenters. The minimum atomic E-state index is -0.207. The van der Waals surface area contributed by atoms with Crippen molar-refractivity contribution in [3.63, 3.8) is 0 Å². The van der Waals surface area contributed by atoms with Gasteiger partial charge in [-0.2, -0.15) is 0 Å². The molecule has 0 bridgehead atoms. The van der Waals surface area contributed by atoms with E-state index in [1.165, 1.54) is 0 Å². The quantitative estimate of drug-likeness (QED) is 0.864. The lowest BCUT2D eigenvalue weighted by atomic mass is 9.81. The summed E-state index contributed by atoms with van der Waals surface area (Å²) < 4.78 is 5.26. The Balaban J connectivity index is 0.00000208. The van der Waals surface area contributed by atoms with Crippen molar-refractivity contribution in [2.45, 2.75) is 19.8 Å². The van der Waals surface area contributed by atoms with E-state index in [1.54, 1.807) is 18.2 Å². The van der Waals surface area contributed by atoms with Gasteiger partial charge in [-0.05, 0) is 43.5 Å². The van der Waals surface area contributed by atoms with E-state index in [0.717, 1.165) is 31.5 Å². The topological polar surface area (TPSA) is 67.2 Å². The largest absolute Gasteiger partial charge is 0.355 e. The Hall–Kier alpha value is -1.56. The van der Waals surface area contributed by atoms with Crippen LogP contribution in [0, 0.1) is 5.41 Å². The van der Waals surface area contributed by atoms with Gasteiger partial charge in [0.15, 0.2) is 11.5 Å². The molecule has 1 aliphatic rings. The van der Waals surface area contributed by atoms with Gasteiger partial charge in [-0.3, -0.25) is 4.79 Å². The highest BCUT2D eigenvalue weighted by Crippen LogP contribution is 2.27. The first-order chi connectivity index (χ1) is 11.1. The smallest absolute Gasteiger partial charge is 0.273 e. The Kier molecular flexibility index (Phi) is 6.27. The molecule has 2 aromatic rings. The fourth-order valence-corrected chi connectivity index (χ4v) is 2.94. The molecule has 2 N–H and O–H groups in total. The zero-order valence-electron chi connectivity index (χ0n) is 13.5. The summed E-state index contributed by atoms with van der Waals surface area (Å²) in [5, 5.41) is 10.8. The summed E-state index contributed by atoms with van der Waals surface area (Å²) in [6, 6.07) is 8.91. The number of rotatable bonds is 4. The predicted octanol–water partition coefficient (Wildman–Crippen LogP) is 3.54. The highest BCUT2D eigenvalue weighted by Gasteiger charge is 2.27. The van der Waals surface area contributed by atoms with Crippen molar-refractivity contribution in [3.05, 3.63) is 41.0 Å². The minimum Gasteiger partial charge on any atom is -0.355 e. The summed E-state index contributed by atoms with van der Waals surface area (Å²) >= 11 is 5.97. The van der Waals surface area contributed by atoms with Crippen LogP contribution in [0.15, 0.2) is 34.9 Å². The third kappa shape index (κ3) is 4.50. The van der Waals surface area contributed by atoms with Crippen molar-refractivity contribution in [1.82, 2.24) is 15.8 Å². The summed E-state index contributed by atoms with van der Waals surface area (Å²) in [5.41, 5.74) is 1.23. The van der Waals surface area contributed by atoms with Crippen molar-refractivity contribution in [2.24, 2.45) is 5.41 Å². The maximum atomic E-state index is 12.3. The van der Waals surface area contributed by atoms with Gasteiger partial charge in [0.25, 0.3) is 5.91 Å². The van der Waals surface area contributed by atoms with Crippen molar-refractivity contribution >= 4 is 29.9 Å². The lowest BCUT2D eigenvalue weighted by molar-refractivity contribution is 0.0913. The van der Waals surface area contributed by atoms with Crippen LogP contribution < -0.4 is 10.6 Å². The molecule has 3 rings (SSSR count). The molecule has 0 unspecified atom stereocenters. The molecule has 1 amide bonds. The Morgan fingerprint density at radius 2 is 2.12 bits per heavy atom. The van der Waals surface area contributed by atoms with E-state index >= 15 is 0 Å². The number of carbonyl (C=O) groups excluding carboxylic acids is 1. The third-order valence-electron chi connectivity index (χ3n) is 4.34. The minimum absolute atomic E-state index is 0.